The highest BCUT2D eigenvalue weighted by Crippen LogP contribution is 2.56. The number of phenols is 6. The summed E-state index contributed by atoms with van der Waals surface area (Å²) in [4.78, 5) is 0. The Morgan fingerprint density at radius 1 is 0.333 bits per heavy atom. The van der Waals surface area contributed by atoms with Crippen molar-refractivity contribution in [2.24, 2.45) is 0 Å². The van der Waals surface area contributed by atoms with E-state index in [1.54, 1.807) is 72.8 Å². The molecule has 0 aliphatic rings. The Morgan fingerprint density at radius 2 is 0.639 bits per heavy atom. The summed E-state index contributed by atoms with van der Waals surface area (Å²) in [6, 6.07) is 23.9. The lowest BCUT2D eigenvalue weighted by Gasteiger charge is -2.20. The van der Waals surface area contributed by atoms with Crippen molar-refractivity contribution >= 4 is 32.3 Å². The average Bonchev–Trinajstić information content (AvgIpc) is 2.88. The van der Waals surface area contributed by atoms with Gasteiger partial charge in [-0.25, -0.2) is 0 Å². The lowest BCUT2D eigenvalue weighted by molar-refractivity contribution is 0.400. The molecule has 0 unspecified atom stereocenters. The third kappa shape index (κ3) is 2.91. The van der Waals surface area contributed by atoms with Crippen LogP contribution in [-0.2, 0) is 0 Å². The molecule has 6 rings (SSSR count). The summed E-state index contributed by atoms with van der Waals surface area (Å²) in [5.41, 5.74) is 0.568. The molecule has 0 aliphatic carbocycles. The normalized spacial score (nSPS) is 11.4. The first kappa shape index (κ1) is 21.4. The van der Waals surface area contributed by atoms with Crippen LogP contribution in [0.5, 0.6) is 34.5 Å². The number of rotatable bonds is 2. The van der Waals surface area contributed by atoms with Gasteiger partial charge in [-0.2, -0.15) is 0 Å². The maximum atomic E-state index is 11.4. The summed E-state index contributed by atoms with van der Waals surface area (Å²) in [6.45, 7) is 0. The molecule has 6 aromatic rings. The van der Waals surface area contributed by atoms with E-state index in [2.05, 4.69) is 0 Å². The van der Waals surface area contributed by atoms with Crippen LogP contribution in [0, 0.1) is 0 Å². The Morgan fingerprint density at radius 3 is 1.03 bits per heavy atom. The van der Waals surface area contributed by atoms with Crippen LogP contribution in [0.25, 0.3) is 54.6 Å². The van der Waals surface area contributed by atoms with E-state index in [9.17, 15) is 30.6 Å². The summed E-state index contributed by atoms with van der Waals surface area (Å²) in [5.74, 6) is -2.69. The van der Waals surface area contributed by atoms with E-state index in [0.29, 0.717) is 32.3 Å². The average molecular weight is 476 g/mol. The second-order valence-corrected chi connectivity index (χ2v) is 8.67. The Kier molecular flexibility index (Phi) is 4.59. The van der Waals surface area contributed by atoms with Crippen LogP contribution in [0.4, 0.5) is 0 Å². The Labute approximate surface area is 204 Å². The minimum atomic E-state index is -0.540. The minimum Gasteiger partial charge on any atom is -0.504 e. The van der Waals surface area contributed by atoms with Crippen molar-refractivity contribution in [3.05, 3.63) is 84.9 Å². The van der Waals surface area contributed by atoms with E-state index >= 15 is 0 Å². The molecule has 0 fully saturated rings. The van der Waals surface area contributed by atoms with Gasteiger partial charge in [-0.3, -0.25) is 0 Å². The van der Waals surface area contributed by atoms with E-state index in [4.69, 9.17) is 0 Å². The van der Waals surface area contributed by atoms with Gasteiger partial charge < -0.3 is 30.6 Å². The zero-order chi connectivity index (χ0) is 25.1. The maximum absolute atomic E-state index is 11.4. The van der Waals surface area contributed by atoms with Gasteiger partial charge in [-0.15, -0.1) is 0 Å². The molecule has 0 atom stereocenters. The van der Waals surface area contributed by atoms with Crippen LogP contribution in [-0.4, -0.2) is 30.6 Å². The topological polar surface area (TPSA) is 121 Å². The highest BCUT2D eigenvalue weighted by atomic mass is 16.3. The molecule has 0 heterocycles. The Hall–Kier alpha value is -5.10. The van der Waals surface area contributed by atoms with Gasteiger partial charge in [0, 0.05) is 22.3 Å². The molecule has 6 N–H and O–H groups in total. The second kappa shape index (κ2) is 7.71. The van der Waals surface area contributed by atoms with Crippen LogP contribution < -0.4 is 0 Å². The molecule has 0 saturated heterocycles. The van der Waals surface area contributed by atoms with Crippen LogP contribution in [0.1, 0.15) is 0 Å². The van der Waals surface area contributed by atoms with Gasteiger partial charge in [-0.1, -0.05) is 72.8 Å². The molecule has 0 amide bonds. The number of phenolic OH excluding ortho intramolecular Hbond substituents is 6. The van der Waals surface area contributed by atoms with Crippen LogP contribution >= 0.6 is 0 Å². The number of hydrogen-bond donors (Lipinski definition) is 6. The van der Waals surface area contributed by atoms with Crippen molar-refractivity contribution in [1.82, 2.24) is 0 Å². The van der Waals surface area contributed by atoms with Crippen molar-refractivity contribution in [3.63, 3.8) is 0 Å². The van der Waals surface area contributed by atoms with E-state index in [0.717, 1.165) is 0 Å². The minimum absolute atomic E-state index is 0.125. The summed E-state index contributed by atoms with van der Waals surface area (Å²) < 4.78 is 0. The lowest BCUT2D eigenvalue weighted by atomic mass is 9.86. The van der Waals surface area contributed by atoms with Gasteiger partial charge in [-0.05, 0) is 44.5 Å². The zero-order valence-electron chi connectivity index (χ0n) is 18.8. The molecule has 176 valence electrons. The van der Waals surface area contributed by atoms with E-state index in [1.807, 2.05) is 0 Å². The molecule has 0 aromatic heterocycles. The van der Waals surface area contributed by atoms with Crippen LogP contribution in [0.15, 0.2) is 84.9 Å². The van der Waals surface area contributed by atoms with Crippen molar-refractivity contribution in [1.29, 1.82) is 0 Å². The van der Waals surface area contributed by atoms with Gasteiger partial charge in [0.05, 0.1) is 0 Å². The Balaban J connectivity index is 1.82. The monoisotopic (exact) mass is 476 g/mol. The second-order valence-electron chi connectivity index (χ2n) is 8.67. The fourth-order valence-electron chi connectivity index (χ4n) is 5.07. The fraction of sp³-hybridized carbons (Fsp3) is 0. The maximum Gasteiger partial charge on any atom is 0.166 e. The third-order valence-electron chi connectivity index (χ3n) is 6.67. The van der Waals surface area contributed by atoms with Gasteiger partial charge >= 0.3 is 0 Å². The van der Waals surface area contributed by atoms with Gasteiger partial charge in [0.25, 0.3) is 0 Å². The van der Waals surface area contributed by atoms with Crippen molar-refractivity contribution < 1.29 is 30.6 Å². The van der Waals surface area contributed by atoms with Crippen molar-refractivity contribution in [2.75, 3.05) is 0 Å². The molecular weight excluding hydrogens is 456 g/mol. The first-order valence-electron chi connectivity index (χ1n) is 11.2. The summed E-state index contributed by atoms with van der Waals surface area (Å²) in [7, 11) is 0. The van der Waals surface area contributed by atoms with Gasteiger partial charge in [0.1, 0.15) is 0 Å². The number of fused-ring (bicyclic) bond motifs is 3. The molecule has 6 aromatic carbocycles. The summed E-state index contributed by atoms with van der Waals surface area (Å²) >= 11 is 0. The van der Waals surface area contributed by atoms with Crippen molar-refractivity contribution in [3.8, 4) is 56.8 Å². The Bertz CT molecular complexity index is 1720. The van der Waals surface area contributed by atoms with Crippen LogP contribution in [0.2, 0.25) is 0 Å². The predicted octanol–water partition coefficient (Wildman–Crippen LogP) is 6.71. The lowest BCUT2D eigenvalue weighted by Crippen LogP contribution is -1.92. The largest absolute Gasteiger partial charge is 0.504 e. The van der Waals surface area contributed by atoms with Crippen LogP contribution in [0.3, 0.4) is 0 Å². The number of hydrogen-bond acceptors (Lipinski definition) is 6. The fourth-order valence-corrected chi connectivity index (χ4v) is 5.07. The zero-order valence-corrected chi connectivity index (χ0v) is 18.8. The molecular formula is C30H20O6. The van der Waals surface area contributed by atoms with Gasteiger partial charge in [0.15, 0.2) is 34.5 Å². The molecule has 0 spiro atoms. The highest BCUT2D eigenvalue weighted by Gasteiger charge is 2.27. The third-order valence-corrected chi connectivity index (χ3v) is 6.67. The molecule has 36 heavy (non-hydrogen) atoms. The first-order chi connectivity index (χ1) is 17.4. The smallest absolute Gasteiger partial charge is 0.166 e. The summed E-state index contributed by atoms with van der Waals surface area (Å²) in [5, 5.41) is 68.9. The molecule has 0 aliphatic heterocycles. The van der Waals surface area contributed by atoms with Gasteiger partial charge in [0.2, 0.25) is 0 Å². The van der Waals surface area contributed by atoms with Crippen molar-refractivity contribution in [2.45, 2.75) is 0 Å². The standard InChI is InChI=1S/C30H20O6/c31-21-13-15-7-1-3-9-17(15)23(27(21)33)25-19-11-5-6-12-20(19)26(30(36)29(25)35)24-18-10-4-2-8-16(18)14-22(32)28(24)34/h1-14,31-36H. The first-order valence-corrected chi connectivity index (χ1v) is 11.2. The molecule has 0 bridgehead atoms. The van der Waals surface area contributed by atoms with E-state index in [1.165, 1.54) is 12.1 Å². The van der Waals surface area contributed by atoms with E-state index in [-0.39, 0.29) is 33.8 Å². The number of benzene rings is 6. The molecule has 6 heteroatoms. The highest BCUT2D eigenvalue weighted by molar-refractivity contribution is 6.18. The molecule has 6 nitrogen and oxygen atoms in total. The quantitative estimate of drug-likeness (QED) is 0.154. The SMILES string of the molecule is Oc1cc2ccccc2c(-c2c(O)c(O)c(-c3c(O)c(O)cc4ccccc34)c3ccccc23)c1O. The summed E-state index contributed by atoms with van der Waals surface area (Å²) in [6.07, 6.45) is 0. The molecule has 0 saturated carbocycles. The van der Waals surface area contributed by atoms with E-state index < -0.39 is 23.0 Å². The predicted molar refractivity (Wildman–Crippen MR) is 140 cm³/mol. The molecule has 0 radical (unpaired) electrons. The number of aromatic hydroxyl groups is 6.